The van der Waals surface area contributed by atoms with Crippen molar-refractivity contribution in [3.63, 3.8) is 0 Å². The summed E-state index contributed by atoms with van der Waals surface area (Å²) in [6.07, 6.45) is 0.657. The van der Waals surface area contributed by atoms with Gasteiger partial charge in [-0.3, -0.25) is 14.4 Å². The van der Waals surface area contributed by atoms with E-state index in [4.69, 9.17) is 36.7 Å². The molecule has 0 unspecified atom stereocenters. The molecule has 1 heterocycles. The van der Waals surface area contributed by atoms with Crippen LogP contribution in [-0.2, 0) is 42.6 Å². The molecule has 344 valence electrons. The summed E-state index contributed by atoms with van der Waals surface area (Å²) in [6.45, 7) is 19.6. The van der Waals surface area contributed by atoms with Gasteiger partial charge in [-0.15, -0.1) is 0 Å². The minimum Gasteiger partial charge on any atom is -0.742 e. The van der Waals surface area contributed by atoms with Crippen molar-refractivity contribution in [2.75, 3.05) is 14.2 Å². The van der Waals surface area contributed by atoms with Crippen LogP contribution in [0.5, 0.6) is 23.0 Å². The van der Waals surface area contributed by atoms with Crippen molar-refractivity contribution < 1.29 is 72.8 Å². The number of benzene rings is 6. The van der Waals surface area contributed by atoms with Crippen LogP contribution in [0.4, 0.5) is 0 Å². The van der Waals surface area contributed by atoms with Gasteiger partial charge in [-0.25, -0.2) is 0 Å². The first-order valence-corrected chi connectivity index (χ1v) is 21.7. The number of aliphatic carboxylic acids is 1. The minimum absolute atomic E-state index is 0. The van der Waals surface area contributed by atoms with Crippen LogP contribution in [0.3, 0.4) is 0 Å². The number of carboxylic acids is 1. The number of hydrogen-bond acceptors (Lipinski definition) is 9. The molecule has 12 heteroatoms. The summed E-state index contributed by atoms with van der Waals surface area (Å²) in [6, 6.07) is 31.2. The van der Waals surface area contributed by atoms with E-state index in [2.05, 4.69) is 26.8 Å². The Morgan fingerprint density at radius 1 is 0.727 bits per heavy atom. The molecule has 0 spiro atoms. The zero-order valence-corrected chi connectivity index (χ0v) is 44.2. The molecular weight excluding hydrogens is 880 g/mol. The van der Waals surface area contributed by atoms with E-state index in [1.165, 1.54) is 11.1 Å². The molecule has 1 aliphatic heterocycles. The Labute approximate surface area is 424 Å². The van der Waals surface area contributed by atoms with E-state index in [0.717, 1.165) is 72.2 Å². The molecule has 0 radical (unpaired) electrons. The second-order valence-electron chi connectivity index (χ2n) is 18.0. The number of esters is 2. The van der Waals surface area contributed by atoms with Crippen molar-refractivity contribution in [3.8, 4) is 23.0 Å². The smallest absolute Gasteiger partial charge is 0.742 e. The third-order valence-corrected chi connectivity index (χ3v) is 11.9. The summed E-state index contributed by atoms with van der Waals surface area (Å²) in [4.78, 5) is 47.2. The number of hydrogen-bond donors (Lipinski definition) is 1. The Bertz CT molecular complexity index is 2740. The molecule has 6 aromatic carbocycles. The van der Waals surface area contributed by atoms with Gasteiger partial charge in [0.05, 0.1) is 32.5 Å². The number of rotatable bonds is 10. The van der Waals surface area contributed by atoms with E-state index in [9.17, 15) is 19.2 Å². The van der Waals surface area contributed by atoms with Gasteiger partial charge in [0.1, 0.15) is 23.0 Å². The SMILES string of the molecule is COc1ccc2cc([C@H](C)C(=O)O)ccc2c1.COc1ccc2cc([C@H](C)C(=O)Oc3cc(C)cc(C)c3C(C)(C)CC(=O)[S-])ccc2c1.Cc1cc(C)c2c(c1)OC(=O)CC2(C)C.S.[Na+]. The molecule has 9 nitrogen and oxygen atoms in total. The van der Waals surface area contributed by atoms with E-state index >= 15 is 0 Å². The maximum atomic E-state index is 13.1. The first-order valence-electron chi connectivity index (χ1n) is 21.3. The zero-order valence-electron chi connectivity index (χ0n) is 40.4. The van der Waals surface area contributed by atoms with Crippen LogP contribution in [-0.4, -0.2) is 42.3 Å². The Kier molecular flexibility index (Phi) is 19.5. The molecule has 0 fully saturated rings. The summed E-state index contributed by atoms with van der Waals surface area (Å²) in [7, 11) is 3.27. The predicted molar refractivity (Wildman–Crippen MR) is 267 cm³/mol. The van der Waals surface area contributed by atoms with Crippen molar-refractivity contribution in [3.05, 3.63) is 142 Å². The number of fused-ring (bicyclic) bond motifs is 3. The number of methoxy groups -OCH3 is 2. The fraction of sp³-hybridized carbons (Fsp3) is 0.333. The minimum atomic E-state index is -0.808. The summed E-state index contributed by atoms with van der Waals surface area (Å²) >= 11 is 4.83. The topological polar surface area (TPSA) is 125 Å². The fourth-order valence-electron chi connectivity index (χ4n) is 8.56. The third-order valence-electron chi connectivity index (χ3n) is 11.7. The fourth-order valence-corrected chi connectivity index (χ4v) is 8.92. The summed E-state index contributed by atoms with van der Waals surface area (Å²) in [5.74, 6) is 0.608. The molecule has 1 N–H and O–H groups in total. The maximum absolute atomic E-state index is 13.1. The van der Waals surface area contributed by atoms with Gasteiger partial charge < -0.3 is 41.5 Å². The van der Waals surface area contributed by atoms with E-state index in [-0.39, 0.29) is 71.9 Å². The third kappa shape index (κ3) is 13.6. The molecule has 0 bridgehead atoms. The van der Waals surface area contributed by atoms with Gasteiger partial charge in [0, 0.05) is 21.7 Å². The van der Waals surface area contributed by atoms with Gasteiger partial charge in [0.25, 0.3) is 0 Å². The molecule has 0 saturated heterocycles. The van der Waals surface area contributed by atoms with E-state index in [0.29, 0.717) is 12.2 Å². The van der Waals surface area contributed by atoms with Crippen LogP contribution in [0.15, 0.2) is 97.1 Å². The van der Waals surface area contributed by atoms with Gasteiger partial charge in [0.15, 0.2) is 0 Å². The Morgan fingerprint density at radius 3 is 1.70 bits per heavy atom. The van der Waals surface area contributed by atoms with Crippen LogP contribution in [0.2, 0.25) is 0 Å². The maximum Gasteiger partial charge on any atom is 1.00 e. The molecule has 6 aromatic rings. The van der Waals surface area contributed by atoms with Crippen molar-refractivity contribution in [2.45, 2.75) is 105 Å². The number of carboxylic acid groups (broad SMARTS) is 1. The van der Waals surface area contributed by atoms with Gasteiger partial charge in [-0.05, 0) is 145 Å². The van der Waals surface area contributed by atoms with Crippen molar-refractivity contribution in [1.82, 2.24) is 0 Å². The van der Waals surface area contributed by atoms with Crippen molar-refractivity contribution in [2.24, 2.45) is 0 Å². The molecule has 7 rings (SSSR count). The Balaban J connectivity index is 0.000000286. The summed E-state index contributed by atoms with van der Waals surface area (Å²) < 4.78 is 21.7. The monoisotopic (exact) mass is 940 g/mol. The molecule has 0 saturated carbocycles. The Morgan fingerprint density at radius 2 is 1.20 bits per heavy atom. The summed E-state index contributed by atoms with van der Waals surface area (Å²) in [5.41, 5.74) is 7.36. The molecule has 1 aliphatic rings. The van der Waals surface area contributed by atoms with Crippen LogP contribution >= 0.6 is 13.5 Å². The Hall–Kier alpha value is -4.91. The normalized spacial score (nSPS) is 13.4. The van der Waals surface area contributed by atoms with Crippen LogP contribution in [0.25, 0.3) is 21.5 Å². The predicted octanol–water partition coefficient (Wildman–Crippen LogP) is 8.96. The summed E-state index contributed by atoms with van der Waals surface area (Å²) in [5, 5.41) is 12.8. The standard InChI is InChI=1S/C27H30O4S.C14H14O3.C13H16O2.Na.H2S/c1-16-11-17(2)25(27(4,5)15-24(28)32)23(12-16)31-26(29)18(3)19-7-8-21-14-22(30-6)10-9-20(21)13-19;1-9(14(15)16)10-3-4-12-8-13(17-2)6-5-11(12)7-10;1-8-5-9(2)12-10(6-8)15-11(14)7-13(12,3)4;;/h7-14,18H,15H2,1-6H3,(H,28,32);3-9H,1-2H3,(H,15,16);5-6H,7H2,1-4H3;;1H2/q;;;+1;/p-1/t18-;9-;;;/m00.../s1. The molecule has 0 aromatic heterocycles. The first kappa shape index (κ1) is 55.4. The van der Waals surface area contributed by atoms with Crippen LogP contribution in [0.1, 0.15) is 111 Å². The average molecular weight is 941 g/mol. The number of ether oxygens (including phenoxy) is 4. The molecule has 0 amide bonds. The first-order chi connectivity index (χ1) is 30.0. The molecular formula is C54H61NaO9S2. The van der Waals surface area contributed by atoms with Gasteiger partial charge >= 0.3 is 47.5 Å². The average Bonchev–Trinajstić information content (AvgIpc) is 3.20. The van der Waals surface area contributed by atoms with E-state index in [1.54, 1.807) is 21.1 Å². The number of aryl methyl sites for hydroxylation is 4. The van der Waals surface area contributed by atoms with Gasteiger partial charge in [-0.1, -0.05) is 88.4 Å². The largest absolute Gasteiger partial charge is 1.00 e. The quantitative estimate of drug-likeness (QED) is 0.0616. The molecule has 66 heavy (non-hydrogen) atoms. The molecule has 2 atom stereocenters. The van der Waals surface area contributed by atoms with Gasteiger partial charge in [0.2, 0.25) is 0 Å². The van der Waals surface area contributed by atoms with Crippen molar-refractivity contribution >= 4 is 70.7 Å². The second kappa shape index (κ2) is 23.2. The number of carbonyl (C=O) groups is 4. The second-order valence-corrected chi connectivity index (χ2v) is 18.5. The zero-order chi connectivity index (χ0) is 47.3. The van der Waals surface area contributed by atoms with Gasteiger partial charge in [-0.2, -0.15) is 13.5 Å². The van der Waals surface area contributed by atoms with Crippen molar-refractivity contribution in [1.29, 1.82) is 0 Å². The molecule has 0 aliphatic carbocycles. The van der Waals surface area contributed by atoms with E-state index < -0.39 is 23.2 Å². The van der Waals surface area contributed by atoms with Crippen LogP contribution in [0, 0.1) is 27.7 Å². The van der Waals surface area contributed by atoms with E-state index in [1.807, 2.05) is 133 Å². The number of carbonyl (C=O) groups excluding carboxylic acids is 3. The van der Waals surface area contributed by atoms with Crippen LogP contribution < -0.4 is 48.5 Å².